The van der Waals surface area contributed by atoms with E-state index >= 15 is 0 Å². The van der Waals surface area contributed by atoms with Crippen LogP contribution in [-0.2, 0) is 14.8 Å². The summed E-state index contributed by atoms with van der Waals surface area (Å²) in [6, 6.07) is 18.0. The zero-order chi connectivity index (χ0) is 31.3. The van der Waals surface area contributed by atoms with Crippen LogP contribution in [-0.4, -0.2) is 59.1 Å². The highest BCUT2D eigenvalue weighted by Gasteiger charge is 2.28. The highest BCUT2D eigenvalue weighted by Crippen LogP contribution is 2.32. The van der Waals surface area contributed by atoms with E-state index in [4.69, 9.17) is 26.1 Å². The van der Waals surface area contributed by atoms with Crippen molar-refractivity contribution in [1.29, 1.82) is 0 Å². The van der Waals surface area contributed by atoms with Crippen LogP contribution in [0.2, 0.25) is 5.02 Å². The maximum atomic E-state index is 12.9. The number of pyridine rings is 1. The molecule has 1 atom stereocenters. The first-order chi connectivity index (χ1) is 21.0. The third-order valence-corrected chi connectivity index (χ3v) is 8.42. The molecule has 2 aromatic heterocycles. The third kappa shape index (κ3) is 7.94. The molecule has 0 unspecified atom stereocenters. The number of amides is 1. The van der Waals surface area contributed by atoms with Crippen LogP contribution in [0.5, 0.6) is 11.6 Å². The maximum Gasteiger partial charge on any atom is 0.410 e. The van der Waals surface area contributed by atoms with E-state index < -0.39 is 15.6 Å². The number of anilines is 2. The zero-order valence-electron chi connectivity index (χ0n) is 24.5. The number of ether oxygens (including phenoxy) is 2. The Morgan fingerprint density at radius 2 is 1.84 bits per heavy atom. The number of halogens is 1. The van der Waals surface area contributed by atoms with Crippen molar-refractivity contribution in [2.24, 2.45) is 0 Å². The Hall–Kier alpha value is -4.42. The van der Waals surface area contributed by atoms with Gasteiger partial charge in [-0.25, -0.2) is 28.2 Å². The minimum Gasteiger partial charge on any atom is -0.444 e. The Morgan fingerprint density at radius 1 is 1.02 bits per heavy atom. The molecule has 2 aromatic carbocycles. The molecule has 44 heavy (non-hydrogen) atoms. The van der Waals surface area contributed by atoms with Crippen LogP contribution in [0, 0.1) is 0 Å². The Bertz CT molecular complexity index is 1750. The average Bonchev–Trinajstić information content (AvgIpc) is 2.97. The lowest BCUT2D eigenvalue weighted by Crippen LogP contribution is -2.47. The first kappa shape index (κ1) is 31.0. The largest absolute Gasteiger partial charge is 0.444 e. The summed E-state index contributed by atoms with van der Waals surface area (Å²) in [5.41, 5.74) is 0.908. The second-order valence-corrected chi connectivity index (χ2v) is 13.3. The van der Waals surface area contributed by atoms with Crippen LogP contribution >= 0.6 is 11.6 Å². The molecule has 0 aliphatic carbocycles. The molecular weight excluding hydrogens is 604 g/mol. The molecule has 3 heterocycles. The Labute approximate surface area is 261 Å². The molecule has 0 bridgehead atoms. The first-order valence-corrected chi connectivity index (χ1v) is 15.9. The quantitative estimate of drug-likeness (QED) is 0.219. The van der Waals surface area contributed by atoms with E-state index in [1.54, 1.807) is 65.8 Å². The summed E-state index contributed by atoms with van der Waals surface area (Å²) in [7, 11) is -3.92. The van der Waals surface area contributed by atoms with Crippen LogP contribution in [0.15, 0.2) is 84.0 Å². The molecule has 0 saturated carbocycles. The number of rotatable bonds is 8. The Balaban J connectivity index is 1.30. The summed E-state index contributed by atoms with van der Waals surface area (Å²) in [5, 5.41) is 3.47. The highest BCUT2D eigenvalue weighted by molar-refractivity contribution is 7.92. The fourth-order valence-electron chi connectivity index (χ4n) is 4.62. The second-order valence-electron chi connectivity index (χ2n) is 11.2. The van der Waals surface area contributed by atoms with Gasteiger partial charge >= 0.3 is 6.09 Å². The lowest BCUT2D eigenvalue weighted by atomic mass is 10.1. The lowest BCUT2D eigenvalue weighted by molar-refractivity contribution is 0.0206. The van der Waals surface area contributed by atoms with E-state index in [-0.39, 0.29) is 27.9 Å². The van der Waals surface area contributed by atoms with Crippen LogP contribution in [0.4, 0.5) is 16.4 Å². The summed E-state index contributed by atoms with van der Waals surface area (Å²) in [4.78, 5) is 27.7. The van der Waals surface area contributed by atoms with Gasteiger partial charge in [0.15, 0.2) is 0 Å². The monoisotopic (exact) mass is 636 g/mol. The predicted octanol–water partition coefficient (Wildman–Crippen LogP) is 6.60. The summed E-state index contributed by atoms with van der Waals surface area (Å²) in [6.07, 6.45) is 4.57. The minimum absolute atomic E-state index is 0.0287. The van der Waals surface area contributed by atoms with Gasteiger partial charge in [-0.15, -0.1) is 0 Å². The normalized spacial score (nSPS) is 15.4. The van der Waals surface area contributed by atoms with Crippen molar-refractivity contribution in [3.05, 3.63) is 84.1 Å². The number of benzene rings is 2. The summed E-state index contributed by atoms with van der Waals surface area (Å²) >= 11 is 6.11. The van der Waals surface area contributed by atoms with Crippen molar-refractivity contribution in [3.8, 4) is 22.9 Å². The standard InChI is InChI=1S/C31H33ClN6O5S/c1-31(2,3)43-30(39)38-18-8-10-22(20-38)35-29-34-17-15-26(36-29)24-12-7-16-33-28(24)42-23-11-6-9-21(19-23)37-44(40,41)27-14-5-4-13-25(27)32/h4-7,9,11-17,19,22,37H,8,10,18,20H2,1-3H3,(H,34,35,36)/t22-/m0/s1. The number of likely N-dealkylation sites (tertiary alicyclic amines) is 1. The van der Waals surface area contributed by atoms with Gasteiger partial charge in [0.25, 0.3) is 10.0 Å². The topological polar surface area (TPSA) is 136 Å². The van der Waals surface area contributed by atoms with E-state index in [1.807, 2.05) is 26.8 Å². The number of hydrogen-bond acceptors (Lipinski definition) is 9. The van der Waals surface area contributed by atoms with Gasteiger partial charge in [0.1, 0.15) is 16.2 Å². The van der Waals surface area contributed by atoms with Crippen molar-refractivity contribution in [3.63, 3.8) is 0 Å². The van der Waals surface area contributed by atoms with Gasteiger partial charge in [-0.05, 0) is 76.1 Å². The van der Waals surface area contributed by atoms with Crippen molar-refractivity contribution >= 4 is 39.4 Å². The second kappa shape index (κ2) is 13.1. The predicted molar refractivity (Wildman–Crippen MR) is 168 cm³/mol. The summed E-state index contributed by atoms with van der Waals surface area (Å²) < 4.78 is 40.0. The molecule has 4 aromatic rings. The Morgan fingerprint density at radius 3 is 2.64 bits per heavy atom. The molecule has 0 spiro atoms. The van der Waals surface area contributed by atoms with E-state index in [2.05, 4.69) is 20.0 Å². The molecule has 1 saturated heterocycles. The van der Waals surface area contributed by atoms with Crippen LogP contribution in [0.25, 0.3) is 11.3 Å². The van der Waals surface area contributed by atoms with Crippen molar-refractivity contribution in [2.75, 3.05) is 23.1 Å². The van der Waals surface area contributed by atoms with Crippen molar-refractivity contribution in [2.45, 2.75) is 50.2 Å². The fraction of sp³-hybridized carbons (Fsp3) is 0.290. The van der Waals surface area contributed by atoms with E-state index in [1.165, 1.54) is 12.1 Å². The van der Waals surface area contributed by atoms with E-state index in [0.29, 0.717) is 41.7 Å². The number of nitrogens with zero attached hydrogens (tertiary/aromatic N) is 4. The molecular formula is C31H33ClN6O5S. The van der Waals surface area contributed by atoms with Gasteiger partial charge < -0.3 is 19.7 Å². The third-order valence-electron chi connectivity index (χ3n) is 6.54. The molecule has 5 rings (SSSR count). The smallest absolute Gasteiger partial charge is 0.410 e. The summed E-state index contributed by atoms with van der Waals surface area (Å²) in [5.74, 6) is 1.04. The minimum atomic E-state index is -3.92. The van der Waals surface area contributed by atoms with Gasteiger partial charge in [0, 0.05) is 37.6 Å². The molecule has 1 aliphatic heterocycles. The molecule has 13 heteroatoms. The van der Waals surface area contributed by atoms with Gasteiger partial charge in [0.05, 0.1) is 22.0 Å². The molecule has 230 valence electrons. The number of carbonyl (C=O) groups is 1. The zero-order valence-corrected chi connectivity index (χ0v) is 26.1. The fourth-order valence-corrected chi connectivity index (χ4v) is 6.19. The van der Waals surface area contributed by atoms with Gasteiger partial charge in [-0.3, -0.25) is 4.72 Å². The molecule has 1 amide bonds. The SMILES string of the molecule is CC(C)(C)OC(=O)N1CCC[C@H](Nc2nccc(-c3cccnc3Oc3cccc(NS(=O)(=O)c4ccccc4Cl)c3)n2)C1. The lowest BCUT2D eigenvalue weighted by Gasteiger charge is -2.34. The highest BCUT2D eigenvalue weighted by atomic mass is 35.5. The summed E-state index contributed by atoms with van der Waals surface area (Å²) in [6.45, 7) is 6.65. The van der Waals surface area contributed by atoms with Crippen molar-refractivity contribution in [1.82, 2.24) is 19.9 Å². The van der Waals surface area contributed by atoms with Gasteiger partial charge in [-0.2, -0.15) is 0 Å². The maximum absolute atomic E-state index is 12.9. The first-order valence-electron chi connectivity index (χ1n) is 14.0. The molecule has 1 fully saturated rings. The number of carbonyl (C=O) groups excluding carboxylic acids is 1. The number of hydrogen-bond donors (Lipinski definition) is 2. The molecule has 11 nitrogen and oxygen atoms in total. The Kier molecular flexibility index (Phi) is 9.21. The van der Waals surface area contributed by atoms with E-state index in [0.717, 1.165) is 12.8 Å². The van der Waals surface area contributed by atoms with Crippen LogP contribution < -0.4 is 14.8 Å². The van der Waals surface area contributed by atoms with Gasteiger partial charge in [0.2, 0.25) is 11.8 Å². The number of aromatic nitrogens is 3. The van der Waals surface area contributed by atoms with E-state index in [9.17, 15) is 13.2 Å². The van der Waals surface area contributed by atoms with Crippen LogP contribution in [0.1, 0.15) is 33.6 Å². The number of nitrogens with one attached hydrogen (secondary N) is 2. The molecule has 1 aliphatic rings. The molecule has 0 radical (unpaired) electrons. The van der Waals surface area contributed by atoms with Crippen LogP contribution in [0.3, 0.4) is 0 Å². The van der Waals surface area contributed by atoms with Crippen molar-refractivity contribution < 1.29 is 22.7 Å². The van der Waals surface area contributed by atoms with Gasteiger partial charge in [-0.1, -0.05) is 29.8 Å². The number of sulfonamides is 1. The molecule has 2 N–H and O–H groups in total. The number of piperidine rings is 1. The average molecular weight is 637 g/mol.